The molecule has 1 aliphatic heterocycles. The lowest BCUT2D eigenvalue weighted by Crippen LogP contribution is -2.48. The van der Waals surface area contributed by atoms with Gasteiger partial charge >= 0.3 is 0 Å². The van der Waals surface area contributed by atoms with Crippen molar-refractivity contribution in [1.82, 2.24) is 25.1 Å². The lowest BCUT2D eigenvalue weighted by atomic mass is 9.98. The van der Waals surface area contributed by atoms with E-state index in [0.717, 1.165) is 29.5 Å². The van der Waals surface area contributed by atoms with Crippen LogP contribution in [0.5, 0.6) is 5.75 Å². The quantitative estimate of drug-likeness (QED) is 0.693. The van der Waals surface area contributed by atoms with Crippen LogP contribution in [0, 0.1) is 0 Å². The van der Waals surface area contributed by atoms with Gasteiger partial charge in [-0.1, -0.05) is 11.8 Å². The maximum absolute atomic E-state index is 12.7. The van der Waals surface area contributed by atoms with Gasteiger partial charge in [-0.2, -0.15) is 0 Å². The molecular weight excluding hydrogens is 362 g/mol. The first-order valence-electron chi connectivity index (χ1n) is 9.21. The van der Waals surface area contributed by atoms with Crippen LogP contribution in [0.4, 0.5) is 0 Å². The van der Waals surface area contributed by atoms with Gasteiger partial charge in [-0.15, -0.1) is 10.2 Å². The lowest BCUT2D eigenvalue weighted by molar-refractivity contribution is -0.134. The van der Waals surface area contributed by atoms with E-state index >= 15 is 0 Å². The van der Waals surface area contributed by atoms with Crippen molar-refractivity contribution in [3.8, 4) is 5.75 Å². The first kappa shape index (κ1) is 18.0. The number of H-pyrrole nitrogens is 1. The molecule has 1 N–H and O–H groups in total. The number of hydrogen-bond acceptors (Lipinski definition) is 6. The van der Waals surface area contributed by atoms with E-state index in [9.17, 15) is 4.79 Å². The zero-order valence-corrected chi connectivity index (χ0v) is 16.5. The van der Waals surface area contributed by atoms with E-state index in [1.54, 1.807) is 7.11 Å². The second-order valence-corrected chi connectivity index (χ2v) is 7.99. The molecule has 3 aromatic rings. The number of fused-ring (bicyclic) bond motifs is 3. The average molecular weight is 385 g/mol. The largest absolute Gasteiger partial charge is 0.497 e. The molecule has 4 rings (SSSR count). The van der Waals surface area contributed by atoms with E-state index in [0.29, 0.717) is 34.2 Å². The number of benzene rings is 1. The standard InChI is InChI=1S/C19H23N5O2S/c1-11-5-4-6-12(2)24(11)16(25)10-27-19-21-18-17(22-23-19)14-9-13(26-3)7-8-15(14)20-18/h7-9,11-12H,4-6,10H2,1-3H3,(H,20,21,23)/t11-,12-/m0/s1. The Morgan fingerprint density at radius 3 is 2.81 bits per heavy atom. The van der Waals surface area contributed by atoms with Crippen LogP contribution in [0.1, 0.15) is 33.1 Å². The normalized spacial score (nSPS) is 20.3. The van der Waals surface area contributed by atoms with Crippen LogP contribution in [0.15, 0.2) is 23.4 Å². The topological polar surface area (TPSA) is 84.0 Å². The fraction of sp³-hybridized carbons (Fsp3) is 0.474. The third kappa shape index (κ3) is 3.45. The summed E-state index contributed by atoms with van der Waals surface area (Å²) in [6.07, 6.45) is 3.33. The summed E-state index contributed by atoms with van der Waals surface area (Å²) in [6, 6.07) is 6.34. The Kier molecular flexibility index (Phi) is 4.90. The molecule has 0 saturated carbocycles. The number of amides is 1. The molecule has 2 atom stereocenters. The van der Waals surface area contributed by atoms with Crippen molar-refractivity contribution in [2.24, 2.45) is 0 Å². The van der Waals surface area contributed by atoms with Gasteiger partial charge in [0.1, 0.15) is 11.3 Å². The number of hydrogen-bond donors (Lipinski definition) is 1. The Morgan fingerprint density at radius 1 is 1.30 bits per heavy atom. The highest BCUT2D eigenvalue weighted by Crippen LogP contribution is 2.28. The number of rotatable bonds is 4. The van der Waals surface area contributed by atoms with E-state index in [-0.39, 0.29) is 5.91 Å². The van der Waals surface area contributed by atoms with Crippen LogP contribution < -0.4 is 4.74 Å². The fourth-order valence-corrected chi connectivity index (χ4v) is 4.49. The van der Waals surface area contributed by atoms with Crippen molar-refractivity contribution >= 4 is 39.7 Å². The van der Waals surface area contributed by atoms with Crippen LogP contribution >= 0.6 is 11.8 Å². The molecule has 7 nitrogen and oxygen atoms in total. The Morgan fingerprint density at radius 2 is 2.07 bits per heavy atom. The highest BCUT2D eigenvalue weighted by molar-refractivity contribution is 7.99. The second-order valence-electron chi connectivity index (χ2n) is 7.05. The summed E-state index contributed by atoms with van der Waals surface area (Å²) in [5.41, 5.74) is 2.31. The zero-order chi connectivity index (χ0) is 19.0. The molecule has 8 heteroatoms. The summed E-state index contributed by atoms with van der Waals surface area (Å²) >= 11 is 1.34. The number of methoxy groups -OCH3 is 1. The molecule has 1 amide bonds. The van der Waals surface area contributed by atoms with Gasteiger partial charge in [0.15, 0.2) is 5.65 Å². The maximum Gasteiger partial charge on any atom is 0.233 e. The Labute approximate surface area is 161 Å². The summed E-state index contributed by atoms with van der Waals surface area (Å²) in [4.78, 5) is 22.5. The number of aromatic nitrogens is 4. The van der Waals surface area contributed by atoms with Gasteiger partial charge in [-0.05, 0) is 51.3 Å². The summed E-state index contributed by atoms with van der Waals surface area (Å²) in [5.74, 6) is 1.24. The summed E-state index contributed by atoms with van der Waals surface area (Å²) in [5, 5.41) is 9.96. The minimum Gasteiger partial charge on any atom is -0.497 e. The smallest absolute Gasteiger partial charge is 0.233 e. The molecule has 1 saturated heterocycles. The average Bonchev–Trinajstić information content (AvgIpc) is 3.03. The van der Waals surface area contributed by atoms with Gasteiger partial charge in [0.2, 0.25) is 11.1 Å². The molecule has 1 fully saturated rings. The number of likely N-dealkylation sites (tertiary alicyclic amines) is 1. The first-order valence-corrected chi connectivity index (χ1v) is 10.2. The third-order valence-corrected chi connectivity index (χ3v) is 6.03. The van der Waals surface area contributed by atoms with Crippen molar-refractivity contribution in [1.29, 1.82) is 0 Å². The van der Waals surface area contributed by atoms with Crippen molar-refractivity contribution in [2.45, 2.75) is 50.4 Å². The van der Waals surface area contributed by atoms with Crippen LogP contribution in [-0.2, 0) is 4.79 Å². The van der Waals surface area contributed by atoms with Crippen molar-refractivity contribution in [3.05, 3.63) is 18.2 Å². The molecule has 0 radical (unpaired) electrons. The lowest BCUT2D eigenvalue weighted by Gasteiger charge is -2.39. The monoisotopic (exact) mass is 385 g/mol. The molecule has 142 valence electrons. The molecule has 0 unspecified atom stereocenters. The van der Waals surface area contributed by atoms with Gasteiger partial charge < -0.3 is 14.6 Å². The highest BCUT2D eigenvalue weighted by atomic mass is 32.2. The SMILES string of the molecule is COc1ccc2[nH]c3nc(SCC(=O)N4[C@@H](C)CCC[C@@H]4C)nnc3c2c1. The fourth-order valence-electron chi connectivity index (χ4n) is 3.84. The highest BCUT2D eigenvalue weighted by Gasteiger charge is 2.28. The van der Waals surface area contributed by atoms with Crippen molar-refractivity contribution in [2.75, 3.05) is 12.9 Å². The number of piperidine rings is 1. The number of nitrogens with one attached hydrogen (secondary N) is 1. The molecule has 0 spiro atoms. The van der Waals surface area contributed by atoms with E-state index in [1.165, 1.54) is 18.2 Å². The van der Waals surface area contributed by atoms with E-state index in [2.05, 4.69) is 34.0 Å². The van der Waals surface area contributed by atoms with Gasteiger partial charge in [0.05, 0.1) is 12.9 Å². The predicted molar refractivity (Wildman–Crippen MR) is 106 cm³/mol. The number of nitrogens with zero attached hydrogens (tertiary/aromatic N) is 4. The molecule has 2 aromatic heterocycles. The molecule has 27 heavy (non-hydrogen) atoms. The van der Waals surface area contributed by atoms with Gasteiger partial charge in [0, 0.05) is 23.0 Å². The first-order chi connectivity index (χ1) is 13.1. The van der Waals surface area contributed by atoms with E-state index in [4.69, 9.17) is 4.74 Å². The van der Waals surface area contributed by atoms with Crippen LogP contribution in [-0.4, -0.2) is 55.9 Å². The molecule has 3 heterocycles. The Bertz CT molecular complexity index is 979. The summed E-state index contributed by atoms with van der Waals surface area (Å²) in [6.45, 7) is 4.25. The minimum absolute atomic E-state index is 0.143. The zero-order valence-electron chi connectivity index (χ0n) is 15.7. The van der Waals surface area contributed by atoms with E-state index in [1.807, 2.05) is 23.1 Å². The van der Waals surface area contributed by atoms with Crippen LogP contribution in [0.3, 0.4) is 0 Å². The number of carbonyl (C=O) groups excluding carboxylic acids is 1. The molecule has 1 aliphatic rings. The van der Waals surface area contributed by atoms with Gasteiger partial charge in [-0.25, -0.2) is 4.98 Å². The molecular formula is C19H23N5O2S. The van der Waals surface area contributed by atoms with Crippen LogP contribution in [0.25, 0.3) is 22.1 Å². The number of aromatic amines is 1. The third-order valence-electron chi connectivity index (χ3n) is 5.21. The minimum atomic E-state index is 0.143. The van der Waals surface area contributed by atoms with Gasteiger partial charge in [-0.3, -0.25) is 4.79 Å². The van der Waals surface area contributed by atoms with Crippen molar-refractivity contribution < 1.29 is 9.53 Å². The molecule has 1 aromatic carbocycles. The molecule has 0 bridgehead atoms. The van der Waals surface area contributed by atoms with Crippen molar-refractivity contribution in [3.63, 3.8) is 0 Å². The summed E-state index contributed by atoms with van der Waals surface area (Å²) < 4.78 is 5.28. The van der Waals surface area contributed by atoms with Gasteiger partial charge in [0.25, 0.3) is 0 Å². The number of ether oxygens (including phenoxy) is 1. The Balaban J connectivity index is 1.52. The number of thioether (sulfide) groups is 1. The van der Waals surface area contributed by atoms with E-state index < -0.39 is 0 Å². The maximum atomic E-state index is 12.7. The second kappa shape index (κ2) is 7.34. The summed E-state index contributed by atoms with van der Waals surface area (Å²) in [7, 11) is 1.63. The predicted octanol–water partition coefficient (Wildman–Crippen LogP) is 3.40. The molecule has 0 aliphatic carbocycles. The van der Waals surface area contributed by atoms with Crippen LogP contribution in [0.2, 0.25) is 0 Å². The number of carbonyl (C=O) groups is 1. The Hall–Kier alpha value is -2.35.